The number of allylic oxidation sites excluding steroid dienone is 8. The Balaban J connectivity index is 0.00000104. The van der Waals surface area contributed by atoms with E-state index in [1.165, 1.54) is 12.0 Å². The SMILES string of the molecule is CCC1C=C(C)C=C1C1=C(C)C2=[C-]C1C1(C[Si]1(C)C)[Si]2(C)C.[Cl-].[Cl-].[Zr+3]. The maximum absolute atomic E-state index is 4.04. The molecule has 3 atom stereocenters. The van der Waals surface area contributed by atoms with Crippen LogP contribution in [0.2, 0.25) is 36.9 Å². The van der Waals surface area contributed by atoms with Gasteiger partial charge in [-0.15, -0.1) is 12.5 Å². The van der Waals surface area contributed by atoms with E-state index in [0.29, 0.717) is 16.5 Å². The van der Waals surface area contributed by atoms with Crippen LogP contribution >= 0.6 is 0 Å². The molecule has 25 heavy (non-hydrogen) atoms. The molecular formula is C20H29Cl2Si2Zr. The van der Waals surface area contributed by atoms with Crippen molar-refractivity contribution < 1.29 is 51.0 Å². The molecule has 4 rings (SSSR count). The van der Waals surface area contributed by atoms with E-state index >= 15 is 0 Å². The van der Waals surface area contributed by atoms with Crippen molar-refractivity contribution in [1.82, 2.24) is 0 Å². The zero-order valence-electron chi connectivity index (χ0n) is 16.5. The Kier molecular flexibility index (Phi) is 6.72. The number of halogens is 2. The fraction of sp³-hybridized carbons (Fsp3) is 0.600. The third kappa shape index (κ3) is 2.74. The minimum atomic E-state index is -1.31. The third-order valence-corrected chi connectivity index (χ3v) is 20.0. The molecule has 2 aliphatic carbocycles. The molecule has 0 aromatic carbocycles. The van der Waals surface area contributed by atoms with Crippen LogP contribution in [0.4, 0.5) is 0 Å². The van der Waals surface area contributed by atoms with Crippen LogP contribution in [-0.2, 0) is 26.2 Å². The summed E-state index contributed by atoms with van der Waals surface area (Å²) in [6.07, 6.45) is 10.2. The molecule has 0 aromatic heterocycles. The maximum atomic E-state index is 4.04. The third-order valence-electron chi connectivity index (χ3n) is 7.39. The van der Waals surface area contributed by atoms with Crippen LogP contribution in [0.15, 0.2) is 39.6 Å². The second-order valence-corrected chi connectivity index (χ2v) is 19.3. The topological polar surface area (TPSA) is 0 Å². The Hall–Kier alpha value is 0.857. The summed E-state index contributed by atoms with van der Waals surface area (Å²) in [6.45, 7) is 17.6. The quantitative estimate of drug-likeness (QED) is 0.375. The number of fused-ring (bicyclic) bond motifs is 2. The van der Waals surface area contributed by atoms with Crippen LogP contribution in [0, 0.1) is 17.9 Å². The van der Waals surface area contributed by atoms with Gasteiger partial charge in [0.25, 0.3) is 0 Å². The first-order chi connectivity index (χ1) is 10.2. The summed E-state index contributed by atoms with van der Waals surface area (Å²) < 4.78 is 0.694. The van der Waals surface area contributed by atoms with Gasteiger partial charge in [0.05, 0.1) is 8.07 Å². The molecule has 2 heterocycles. The minimum Gasteiger partial charge on any atom is -1.00 e. The summed E-state index contributed by atoms with van der Waals surface area (Å²) in [6, 6.07) is 1.55. The fourth-order valence-corrected chi connectivity index (χ4v) is 23.1. The molecule has 0 aromatic rings. The van der Waals surface area contributed by atoms with Crippen LogP contribution in [0.1, 0.15) is 27.2 Å². The summed E-state index contributed by atoms with van der Waals surface area (Å²) in [5.41, 5.74) is 6.44. The van der Waals surface area contributed by atoms with Crippen molar-refractivity contribution in [2.24, 2.45) is 11.8 Å². The van der Waals surface area contributed by atoms with Crippen molar-refractivity contribution in [2.75, 3.05) is 0 Å². The molecule has 2 aliphatic heterocycles. The van der Waals surface area contributed by atoms with Gasteiger partial charge in [-0.2, -0.15) is 5.57 Å². The first-order valence-electron chi connectivity index (χ1n) is 8.93. The van der Waals surface area contributed by atoms with Crippen molar-refractivity contribution >= 4 is 16.1 Å². The normalized spacial score (nSPS) is 35.4. The molecule has 5 heteroatoms. The molecule has 0 N–H and O–H groups in total. The first-order valence-corrected chi connectivity index (χ1v) is 15.1. The van der Waals surface area contributed by atoms with E-state index in [4.69, 9.17) is 0 Å². The van der Waals surface area contributed by atoms with Gasteiger partial charge in [-0.3, -0.25) is 6.08 Å². The average Bonchev–Trinajstić information content (AvgIpc) is 2.73. The van der Waals surface area contributed by atoms with Crippen molar-refractivity contribution in [3.63, 3.8) is 0 Å². The first kappa shape index (κ1) is 23.9. The van der Waals surface area contributed by atoms with Gasteiger partial charge in [-0.1, -0.05) is 68.4 Å². The van der Waals surface area contributed by atoms with Gasteiger partial charge in [-0.25, -0.2) is 5.20 Å². The predicted octanol–water partition coefficient (Wildman–Crippen LogP) is -0.157. The predicted molar refractivity (Wildman–Crippen MR) is 101 cm³/mol. The zero-order valence-corrected chi connectivity index (χ0v) is 22.4. The van der Waals surface area contributed by atoms with Gasteiger partial charge in [0, 0.05) is 14.0 Å². The number of rotatable bonds is 2. The van der Waals surface area contributed by atoms with E-state index in [2.05, 4.69) is 65.2 Å². The van der Waals surface area contributed by atoms with Gasteiger partial charge in [0.2, 0.25) is 0 Å². The Morgan fingerprint density at radius 2 is 1.72 bits per heavy atom. The van der Waals surface area contributed by atoms with E-state index in [1.807, 2.05) is 0 Å². The summed E-state index contributed by atoms with van der Waals surface area (Å²) in [5, 5.41) is 1.70. The van der Waals surface area contributed by atoms with Gasteiger partial charge in [0.15, 0.2) is 0 Å². The van der Waals surface area contributed by atoms with Gasteiger partial charge in [0.1, 0.15) is 0 Å². The van der Waals surface area contributed by atoms with E-state index in [1.54, 1.807) is 28.0 Å². The van der Waals surface area contributed by atoms with Gasteiger partial charge >= 0.3 is 26.2 Å². The van der Waals surface area contributed by atoms with Crippen LogP contribution in [0.3, 0.4) is 0 Å². The molecular weight excluding hydrogens is 459 g/mol. The monoisotopic (exact) mass is 485 g/mol. The molecule has 0 amide bonds. The summed E-state index contributed by atoms with van der Waals surface area (Å²) >= 11 is 0. The van der Waals surface area contributed by atoms with Crippen LogP contribution < -0.4 is 24.8 Å². The Morgan fingerprint density at radius 1 is 1.16 bits per heavy atom. The Labute approximate surface area is 187 Å². The molecule has 135 valence electrons. The van der Waals surface area contributed by atoms with Crippen molar-refractivity contribution in [3.05, 3.63) is 45.7 Å². The van der Waals surface area contributed by atoms with Crippen molar-refractivity contribution in [1.29, 1.82) is 0 Å². The van der Waals surface area contributed by atoms with Crippen LogP contribution in [-0.4, -0.2) is 16.1 Å². The van der Waals surface area contributed by atoms with E-state index in [0.717, 1.165) is 0 Å². The van der Waals surface area contributed by atoms with Gasteiger partial charge in [-0.05, 0) is 18.0 Å². The van der Waals surface area contributed by atoms with E-state index < -0.39 is 16.1 Å². The molecule has 1 spiro atoms. The molecule has 1 radical (unpaired) electrons. The minimum absolute atomic E-state index is 0. The smallest absolute Gasteiger partial charge is 1.00 e. The molecule has 0 saturated carbocycles. The van der Waals surface area contributed by atoms with Crippen molar-refractivity contribution in [3.8, 4) is 0 Å². The summed E-state index contributed by atoms with van der Waals surface area (Å²) in [4.78, 5) is 0. The van der Waals surface area contributed by atoms with Gasteiger partial charge < -0.3 is 24.8 Å². The average molecular weight is 488 g/mol. The Bertz CT molecular complexity index is 715. The second kappa shape index (κ2) is 7.03. The second-order valence-electron chi connectivity index (χ2n) is 9.17. The Morgan fingerprint density at radius 3 is 2.16 bits per heavy atom. The van der Waals surface area contributed by atoms with E-state index in [-0.39, 0.29) is 51.0 Å². The molecule has 4 aliphatic rings. The molecule has 3 unspecified atom stereocenters. The molecule has 1 saturated heterocycles. The number of hydrogen-bond donors (Lipinski definition) is 0. The molecule has 0 nitrogen and oxygen atoms in total. The van der Waals surface area contributed by atoms with E-state index in [9.17, 15) is 0 Å². The summed E-state index contributed by atoms with van der Waals surface area (Å²) in [7, 11) is -2.35. The number of hydrogen-bond acceptors (Lipinski definition) is 0. The molecule has 2 bridgehead atoms. The molecule has 1 fully saturated rings. The maximum Gasteiger partial charge on any atom is 3.00 e. The zero-order chi connectivity index (χ0) is 16.1. The summed E-state index contributed by atoms with van der Waals surface area (Å²) in [5.74, 6) is 1.31. The van der Waals surface area contributed by atoms with Crippen LogP contribution in [0.25, 0.3) is 0 Å². The largest absolute Gasteiger partial charge is 3.00 e. The van der Waals surface area contributed by atoms with Crippen LogP contribution in [0.5, 0.6) is 0 Å². The fourth-order valence-electron chi connectivity index (χ4n) is 6.30. The van der Waals surface area contributed by atoms with Crippen molar-refractivity contribution in [2.45, 2.75) is 64.1 Å². The standard InChI is InChI=1S/C20H29Si2.2ClH.Zr/c1-8-15-9-13(2)10-16(15)19-14(3)18-11-17(19)20(22(18,6)7)12-21(20,4)5;;;/h9-10,15,17H,8,12H2,1-7H3;2*1H;/q-1;;;+3/p-2.